The van der Waals surface area contributed by atoms with Crippen LogP contribution in [0.1, 0.15) is 40.8 Å². The van der Waals surface area contributed by atoms with E-state index in [1.165, 1.54) is 0 Å². The average molecular weight is 286 g/mol. The summed E-state index contributed by atoms with van der Waals surface area (Å²) >= 11 is 0. The van der Waals surface area contributed by atoms with Gasteiger partial charge in [-0.05, 0) is 45.4 Å². The predicted molar refractivity (Wildman–Crippen MR) is 85.7 cm³/mol. The number of nitrogen functional groups attached to an aromatic ring is 1. The first kappa shape index (κ1) is 15.2. The summed E-state index contributed by atoms with van der Waals surface area (Å²) in [6.45, 7) is 8.32. The maximum absolute atomic E-state index is 12.9. The maximum atomic E-state index is 12.9. The maximum Gasteiger partial charge on any atom is 0.262 e. The lowest BCUT2D eigenvalue weighted by Gasteiger charge is -2.22. The second-order valence-electron chi connectivity index (χ2n) is 5.27. The molecule has 2 rings (SSSR count). The first-order chi connectivity index (χ1) is 9.95. The highest BCUT2D eigenvalue weighted by atomic mass is 16.3. The van der Waals surface area contributed by atoms with Crippen LogP contribution in [0.5, 0.6) is 0 Å². The quantitative estimate of drug-likeness (QED) is 0.869. The molecular formula is C17H22N2O2. The smallest absolute Gasteiger partial charge is 0.262 e. The third-order valence-corrected chi connectivity index (χ3v) is 3.65. The number of hydrogen-bond donors (Lipinski definition) is 1. The Hall–Kier alpha value is -2.23. The summed E-state index contributed by atoms with van der Waals surface area (Å²) in [4.78, 5) is 14.7. The zero-order valence-corrected chi connectivity index (χ0v) is 13.1. The Morgan fingerprint density at radius 2 is 1.95 bits per heavy atom. The second-order valence-corrected chi connectivity index (χ2v) is 5.27. The summed E-state index contributed by atoms with van der Waals surface area (Å²) in [6.07, 6.45) is 0.871. The van der Waals surface area contributed by atoms with Crippen LogP contribution >= 0.6 is 0 Å². The average Bonchev–Trinajstić information content (AvgIpc) is 2.69. The van der Waals surface area contributed by atoms with Gasteiger partial charge >= 0.3 is 0 Å². The van der Waals surface area contributed by atoms with Crippen molar-refractivity contribution in [3.05, 3.63) is 46.9 Å². The van der Waals surface area contributed by atoms with E-state index in [-0.39, 0.29) is 5.91 Å². The van der Waals surface area contributed by atoms with Crippen LogP contribution in [0.25, 0.3) is 0 Å². The van der Waals surface area contributed by atoms with Gasteiger partial charge < -0.3 is 15.1 Å². The Morgan fingerprint density at radius 3 is 2.48 bits per heavy atom. The van der Waals surface area contributed by atoms with E-state index in [4.69, 9.17) is 10.2 Å². The molecule has 2 N–H and O–H groups in total. The van der Waals surface area contributed by atoms with Crippen LogP contribution in [0, 0.1) is 20.8 Å². The monoisotopic (exact) mass is 286 g/mol. The molecule has 0 unspecified atom stereocenters. The van der Waals surface area contributed by atoms with E-state index < -0.39 is 0 Å². The molecule has 21 heavy (non-hydrogen) atoms. The van der Waals surface area contributed by atoms with Crippen LogP contribution < -0.4 is 10.6 Å². The molecule has 0 fully saturated rings. The first-order valence-corrected chi connectivity index (χ1v) is 7.19. The second kappa shape index (κ2) is 6.04. The van der Waals surface area contributed by atoms with E-state index in [0.29, 0.717) is 23.6 Å². The Kier molecular flexibility index (Phi) is 4.36. The number of carbonyl (C=O) groups excluding carboxylic acids is 1. The summed E-state index contributed by atoms with van der Waals surface area (Å²) < 4.78 is 5.58. The predicted octanol–water partition coefficient (Wildman–Crippen LogP) is 3.84. The lowest BCUT2D eigenvalue weighted by Crippen LogP contribution is -2.32. The van der Waals surface area contributed by atoms with E-state index in [1.54, 1.807) is 4.90 Å². The normalized spacial score (nSPS) is 10.7. The van der Waals surface area contributed by atoms with Crippen molar-refractivity contribution in [1.82, 2.24) is 0 Å². The molecule has 0 spiro atoms. The molecule has 4 heteroatoms. The van der Waals surface area contributed by atoms with Gasteiger partial charge in [-0.1, -0.05) is 13.0 Å². The Morgan fingerprint density at radius 1 is 1.24 bits per heavy atom. The van der Waals surface area contributed by atoms with Crippen molar-refractivity contribution < 1.29 is 9.21 Å². The highest BCUT2D eigenvalue weighted by Crippen LogP contribution is 2.26. The van der Waals surface area contributed by atoms with Crippen LogP contribution in [-0.4, -0.2) is 12.5 Å². The fourth-order valence-corrected chi connectivity index (χ4v) is 2.51. The van der Waals surface area contributed by atoms with Crippen molar-refractivity contribution in [2.75, 3.05) is 17.2 Å². The molecule has 0 aliphatic rings. The third kappa shape index (κ3) is 2.94. The minimum Gasteiger partial charge on any atom is -0.466 e. The van der Waals surface area contributed by atoms with Gasteiger partial charge in [-0.15, -0.1) is 0 Å². The molecule has 1 aromatic carbocycles. The van der Waals surface area contributed by atoms with Gasteiger partial charge in [0.25, 0.3) is 5.91 Å². The van der Waals surface area contributed by atoms with Gasteiger partial charge in [0.15, 0.2) is 0 Å². The number of carbonyl (C=O) groups is 1. The number of anilines is 2. The molecule has 4 nitrogen and oxygen atoms in total. The van der Waals surface area contributed by atoms with Gasteiger partial charge in [0, 0.05) is 23.5 Å². The molecule has 0 radical (unpaired) electrons. The zero-order chi connectivity index (χ0) is 15.6. The molecule has 1 amide bonds. The van der Waals surface area contributed by atoms with Gasteiger partial charge in [-0.25, -0.2) is 0 Å². The van der Waals surface area contributed by atoms with E-state index in [2.05, 4.69) is 0 Å². The van der Waals surface area contributed by atoms with Crippen molar-refractivity contribution >= 4 is 17.3 Å². The van der Waals surface area contributed by atoms with Crippen LogP contribution in [0.2, 0.25) is 0 Å². The van der Waals surface area contributed by atoms with E-state index in [1.807, 2.05) is 52.0 Å². The summed E-state index contributed by atoms with van der Waals surface area (Å²) in [5.41, 5.74) is 8.87. The standard InChI is InChI=1S/C17H22N2O2/c1-5-9-19(15-8-6-7-14(18)10-15)17(20)16-11(2)12(3)21-13(16)4/h6-8,10H,5,9,18H2,1-4H3. The largest absolute Gasteiger partial charge is 0.466 e. The van der Waals surface area contributed by atoms with Gasteiger partial charge in [0.05, 0.1) is 5.56 Å². The van der Waals surface area contributed by atoms with Crippen molar-refractivity contribution in [1.29, 1.82) is 0 Å². The molecule has 112 valence electrons. The van der Waals surface area contributed by atoms with E-state index in [9.17, 15) is 4.79 Å². The fraction of sp³-hybridized carbons (Fsp3) is 0.353. The SMILES string of the molecule is CCCN(C(=O)c1c(C)oc(C)c1C)c1cccc(N)c1. The van der Waals surface area contributed by atoms with Crippen LogP contribution in [0.4, 0.5) is 11.4 Å². The van der Waals surface area contributed by atoms with Gasteiger partial charge in [0.2, 0.25) is 0 Å². The summed E-state index contributed by atoms with van der Waals surface area (Å²) in [5, 5.41) is 0. The third-order valence-electron chi connectivity index (χ3n) is 3.65. The molecule has 0 aliphatic carbocycles. The van der Waals surface area contributed by atoms with E-state index in [0.717, 1.165) is 23.4 Å². The molecule has 0 saturated carbocycles. The molecule has 1 aromatic heterocycles. The van der Waals surface area contributed by atoms with Crippen molar-refractivity contribution in [2.24, 2.45) is 0 Å². The number of nitrogens with zero attached hydrogens (tertiary/aromatic N) is 1. The highest BCUT2D eigenvalue weighted by molar-refractivity contribution is 6.08. The first-order valence-electron chi connectivity index (χ1n) is 7.19. The molecule has 0 bridgehead atoms. The number of aryl methyl sites for hydroxylation is 2. The van der Waals surface area contributed by atoms with Gasteiger partial charge in [-0.2, -0.15) is 0 Å². The van der Waals surface area contributed by atoms with Crippen molar-refractivity contribution in [2.45, 2.75) is 34.1 Å². The molecule has 0 atom stereocenters. The van der Waals surface area contributed by atoms with E-state index >= 15 is 0 Å². The minimum absolute atomic E-state index is 0.0331. The Labute approximate surface area is 125 Å². The number of nitrogens with two attached hydrogens (primary N) is 1. The number of amides is 1. The number of benzene rings is 1. The Bertz CT molecular complexity index is 659. The highest BCUT2D eigenvalue weighted by Gasteiger charge is 2.24. The van der Waals surface area contributed by atoms with Gasteiger partial charge in [0.1, 0.15) is 11.5 Å². The molecule has 0 aliphatic heterocycles. The lowest BCUT2D eigenvalue weighted by molar-refractivity contribution is 0.0985. The number of rotatable bonds is 4. The van der Waals surface area contributed by atoms with Gasteiger partial charge in [-0.3, -0.25) is 4.79 Å². The number of hydrogen-bond acceptors (Lipinski definition) is 3. The number of furan rings is 1. The molecule has 1 heterocycles. The molecule has 0 saturated heterocycles. The summed E-state index contributed by atoms with van der Waals surface area (Å²) in [5.74, 6) is 1.43. The topological polar surface area (TPSA) is 59.5 Å². The lowest BCUT2D eigenvalue weighted by atomic mass is 10.1. The summed E-state index contributed by atoms with van der Waals surface area (Å²) in [7, 11) is 0. The van der Waals surface area contributed by atoms with Crippen molar-refractivity contribution in [3.63, 3.8) is 0 Å². The van der Waals surface area contributed by atoms with Crippen molar-refractivity contribution in [3.8, 4) is 0 Å². The minimum atomic E-state index is -0.0331. The van der Waals surface area contributed by atoms with Crippen LogP contribution in [-0.2, 0) is 0 Å². The molecule has 2 aromatic rings. The molecular weight excluding hydrogens is 264 g/mol. The van der Waals surface area contributed by atoms with Crippen LogP contribution in [0.15, 0.2) is 28.7 Å². The summed E-state index contributed by atoms with van der Waals surface area (Å²) in [6, 6.07) is 7.41. The van der Waals surface area contributed by atoms with Crippen LogP contribution in [0.3, 0.4) is 0 Å². The fourth-order valence-electron chi connectivity index (χ4n) is 2.51. The Balaban J connectivity index is 2.45. The zero-order valence-electron chi connectivity index (χ0n) is 13.1.